The number of nitriles is 1. The van der Waals surface area contributed by atoms with Crippen LogP contribution in [0.4, 0.5) is 13.2 Å². The fourth-order valence-electron chi connectivity index (χ4n) is 1.05. The summed E-state index contributed by atoms with van der Waals surface area (Å²) in [7, 11) is 0. The third-order valence-electron chi connectivity index (χ3n) is 1.71. The number of nitrogens with zero attached hydrogens (tertiary/aromatic N) is 2. The van der Waals surface area contributed by atoms with Crippen molar-refractivity contribution in [1.82, 2.24) is 4.90 Å². The summed E-state index contributed by atoms with van der Waals surface area (Å²) in [6.45, 7) is 3.71. The van der Waals surface area contributed by atoms with E-state index < -0.39 is 18.8 Å². The minimum Gasteiger partial charge on any atom is -0.277 e. The average Bonchev–Trinajstić information content (AvgIpc) is 1.96. The lowest BCUT2D eigenvalue weighted by Crippen LogP contribution is -2.44. The molecule has 0 saturated heterocycles. The van der Waals surface area contributed by atoms with Crippen molar-refractivity contribution >= 4 is 0 Å². The molecule has 0 aromatic rings. The molecule has 0 radical (unpaired) electrons. The highest BCUT2D eigenvalue weighted by atomic mass is 19.4. The van der Waals surface area contributed by atoms with Gasteiger partial charge in [0, 0.05) is 6.04 Å². The molecule has 5 heteroatoms. The van der Waals surface area contributed by atoms with Crippen LogP contribution in [0.1, 0.15) is 20.8 Å². The van der Waals surface area contributed by atoms with E-state index in [2.05, 4.69) is 0 Å². The van der Waals surface area contributed by atoms with Gasteiger partial charge in [0.1, 0.15) is 0 Å². The zero-order chi connectivity index (χ0) is 10.6. The maximum atomic E-state index is 12.0. The molecular weight excluding hydrogens is 181 g/mol. The minimum atomic E-state index is -4.24. The van der Waals surface area contributed by atoms with Crippen LogP contribution in [0.15, 0.2) is 0 Å². The second kappa shape index (κ2) is 4.47. The van der Waals surface area contributed by atoms with Crippen LogP contribution in [0.5, 0.6) is 0 Å². The molecular formula is C8H13F3N2. The Morgan fingerprint density at radius 2 is 1.77 bits per heavy atom. The van der Waals surface area contributed by atoms with E-state index in [4.69, 9.17) is 5.26 Å². The predicted octanol–water partition coefficient (Wildman–Crippen LogP) is 2.17. The quantitative estimate of drug-likeness (QED) is 0.688. The maximum Gasteiger partial charge on any atom is 0.401 e. The van der Waals surface area contributed by atoms with Crippen molar-refractivity contribution in [2.24, 2.45) is 0 Å². The molecule has 13 heavy (non-hydrogen) atoms. The van der Waals surface area contributed by atoms with Gasteiger partial charge in [0.2, 0.25) is 0 Å². The highest BCUT2D eigenvalue weighted by Crippen LogP contribution is 2.19. The van der Waals surface area contributed by atoms with Crippen molar-refractivity contribution in [3.63, 3.8) is 0 Å². The second-order valence-electron chi connectivity index (χ2n) is 3.19. The summed E-state index contributed by atoms with van der Waals surface area (Å²) in [6, 6.07) is 0.807. The van der Waals surface area contributed by atoms with E-state index in [1.165, 1.54) is 6.92 Å². The number of hydrogen-bond donors (Lipinski definition) is 0. The zero-order valence-corrected chi connectivity index (χ0v) is 7.89. The van der Waals surface area contributed by atoms with Gasteiger partial charge in [0.15, 0.2) is 0 Å². The molecule has 2 nitrogen and oxygen atoms in total. The normalized spacial score (nSPS) is 14.7. The Kier molecular flexibility index (Phi) is 4.21. The van der Waals surface area contributed by atoms with Crippen molar-refractivity contribution in [3.8, 4) is 6.07 Å². The Morgan fingerprint density at radius 3 is 2.00 bits per heavy atom. The van der Waals surface area contributed by atoms with E-state index in [1.54, 1.807) is 19.9 Å². The summed E-state index contributed by atoms with van der Waals surface area (Å²) in [6.07, 6.45) is -4.24. The molecule has 0 heterocycles. The number of halogens is 3. The molecule has 0 spiro atoms. The SMILES string of the molecule is CC(C)N(CC(F)(F)F)C(C)C#N. The van der Waals surface area contributed by atoms with Crippen molar-refractivity contribution in [2.45, 2.75) is 39.0 Å². The Bertz CT molecular complexity index is 193. The average molecular weight is 194 g/mol. The summed E-state index contributed by atoms with van der Waals surface area (Å²) in [5.74, 6) is 0. The summed E-state index contributed by atoms with van der Waals surface area (Å²) in [4.78, 5) is 1.11. The molecule has 1 unspecified atom stereocenters. The monoisotopic (exact) mass is 194 g/mol. The van der Waals surface area contributed by atoms with Gasteiger partial charge in [-0.25, -0.2) is 0 Å². The summed E-state index contributed by atoms with van der Waals surface area (Å²) in [5, 5.41) is 8.49. The molecule has 0 aliphatic carbocycles. The van der Waals surface area contributed by atoms with E-state index in [9.17, 15) is 13.2 Å². The van der Waals surface area contributed by atoms with Gasteiger partial charge in [0.25, 0.3) is 0 Å². The maximum absolute atomic E-state index is 12.0. The van der Waals surface area contributed by atoms with E-state index in [1.807, 2.05) is 0 Å². The topological polar surface area (TPSA) is 27.0 Å². The van der Waals surface area contributed by atoms with Crippen molar-refractivity contribution in [1.29, 1.82) is 5.26 Å². The summed E-state index contributed by atoms with van der Waals surface area (Å²) in [5.41, 5.74) is 0. The Labute approximate surface area is 75.9 Å². The Balaban J connectivity index is 4.38. The van der Waals surface area contributed by atoms with Crippen LogP contribution >= 0.6 is 0 Å². The Hall–Kier alpha value is -0.760. The molecule has 0 amide bonds. The first kappa shape index (κ1) is 12.2. The molecule has 0 aliphatic heterocycles. The van der Waals surface area contributed by atoms with Crippen LogP contribution < -0.4 is 0 Å². The third kappa shape index (κ3) is 4.73. The van der Waals surface area contributed by atoms with Gasteiger partial charge in [0.05, 0.1) is 18.7 Å². The van der Waals surface area contributed by atoms with Crippen LogP contribution in [-0.4, -0.2) is 29.7 Å². The van der Waals surface area contributed by atoms with E-state index in [0.29, 0.717) is 0 Å². The first-order valence-corrected chi connectivity index (χ1v) is 4.00. The number of alkyl halides is 3. The highest BCUT2D eigenvalue weighted by molar-refractivity contribution is 4.90. The molecule has 0 fully saturated rings. The molecule has 0 aliphatic rings. The van der Waals surface area contributed by atoms with Gasteiger partial charge in [-0.2, -0.15) is 18.4 Å². The van der Waals surface area contributed by atoms with Crippen molar-refractivity contribution in [2.75, 3.05) is 6.54 Å². The van der Waals surface area contributed by atoms with E-state index in [-0.39, 0.29) is 6.04 Å². The summed E-state index contributed by atoms with van der Waals surface area (Å²) >= 11 is 0. The van der Waals surface area contributed by atoms with Gasteiger partial charge in [-0.15, -0.1) is 0 Å². The lowest BCUT2D eigenvalue weighted by atomic mass is 10.2. The lowest BCUT2D eigenvalue weighted by Gasteiger charge is -2.29. The minimum absolute atomic E-state index is 0.281. The molecule has 1 atom stereocenters. The second-order valence-corrected chi connectivity index (χ2v) is 3.19. The first-order valence-electron chi connectivity index (χ1n) is 4.00. The molecule has 0 aromatic carbocycles. The van der Waals surface area contributed by atoms with Crippen molar-refractivity contribution < 1.29 is 13.2 Å². The van der Waals surface area contributed by atoms with Crippen LogP contribution in [0.3, 0.4) is 0 Å². The smallest absolute Gasteiger partial charge is 0.277 e. The summed E-state index contributed by atoms with van der Waals surface area (Å²) < 4.78 is 36.0. The number of hydrogen-bond acceptors (Lipinski definition) is 2. The first-order chi connectivity index (χ1) is 5.78. The van der Waals surface area contributed by atoms with Crippen LogP contribution in [0, 0.1) is 11.3 Å². The van der Waals surface area contributed by atoms with Gasteiger partial charge in [-0.3, -0.25) is 4.90 Å². The molecule has 0 aromatic heterocycles. The number of rotatable bonds is 3. The molecule has 0 N–H and O–H groups in total. The third-order valence-corrected chi connectivity index (χ3v) is 1.71. The van der Waals surface area contributed by atoms with Gasteiger partial charge >= 0.3 is 6.18 Å². The predicted molar refractivity (Wildman–Crippen MR) is 43.0 cm³/mol. The van der Waals surface area contributed by atoms with Crippen LogP contribution in [0.2, 0.25) is 0 Å². The molecule has 0 saturated carbocycles. The molecule has 76 valence electrons. The van der Waals surface area contributed by atoms with Gasteiger partial charge in [-0.05, 0) is 20.8 Å². The zero-order valence-electron chi connectivity index (χ0n) is 7.89. The Morgan fingerprint density at radius 1 is 1.31 bits per heavy atom. The van der Waals surface area contributed by atoms with E-state index in [0.717, 1.165) is 4.90 Å². The fraction of sp³-hybridized carbons (Fsp3) is 0.875. The van der Waals surface area contributed by atoms with Gasteiger partial charge < -0.3 is 0 Å². The standard InChI is InChI=1S/C8H13F3N2/c1-6(2)13(7(3)4-12)5-8(9,10)11/h6-7H,5H2,1-3H3. The fourth-order valence-corrected chi connectivity index (χ4v) is 1.05. The highest BCUT2D eigenvalue weighted by Gasteiger charge is 2.33. The van der Waals surface area contributed by atoms with Crippen molar-refractivity contribution in [3.05, 3.63) is 0 Å². The lowest BCUT2D eigenvalue weighted by molar-refractivity contribution is -0.152. The van der Waals surface area contributed by atoms with E-state index >= 15 is 0 Å². The van der Waals surface area contributed by atoms with Crippen LogP contribution in [-0.2, 0) is 0 Å². The van der Waals surface area contributed by atoms with Crippen LogP contribution in [0.25, 0.3) is 0 Å². The largest absolute Gasteiger partial charge is 0.401 e. The van der Waals surface area contributed by atoms with Gasteiger partial charge in [-0.1, -0.05) is 0 Å². The molecule has 0 rings (SSSR count). The molecule has 0 bridgehead atoms.